The van der Waals surface area contributed by atoms with Gasteiger partial charge >= 0.3 is 17.9 Å². The van der Waals surface area contributed by atoms with E-state index < -0.39 is 53.3 Å². The molecule has 242 valence electrons. The smallest absolute Gasteiger partial charge is 0.330 e. The van der Waals surface area contributed by atoms with Gasteiger partial charge in [0.15, 0.2) is 24.0 Å². The first-order valence-corrected chi connectivity index (χ1v) is 16.0. The van der Waals surface area contributed by atoms with Gasteiger partial charge in [-0.2, -0.15) is 0 Å². The highest BCUT2D eigenvalue weighted by Crippen LogP contribution is 2.68. The van der Waals surface area contributed by atoms with Crippen LogP contribution in [-0.4, -0.2) is 52.7 Å². The summed E-state index contributed by atoms with van der Waals surface area (Å²) in [4.78, 5) is 75.3. The summed E-state index contributed by atoms with van der Waals surface area (Å²) in [7, 11) is 0. The minimum atomic E-state index is -1.42. The lowest BCUT2D eigenvalue weighted by molar-refractivity contribution is -0.191. The number of Topliss-reactive ketones (excluding diaryl/α,β-unsaturated/α-hetero) is 1. The van der Waals surface area contributed by atoms with Crippen LogP contribution in [0.15, 0.2) is 42.0 Å². The maximum Gasteiger partial charge on any atom is 0.330 e. The lowest BCUT2D eigenvalue weighted by Crippen LogP contribution is -2.59. The predicted molar refractivity (Wildman–Crippen MR) is 161 cm³/mol. The number of allylic oxidation sites excluding steroid dienone is 1. The number of amides is 1. The minimum Gasteiger partial charge on any atom is -0.479 e. The van der Waals surface area contributed by atoms with E-state index in [0.29, 0.717) is 43.1 Å². The van der Waals surface area contributed by atoms with Crippen molar-refractivity contribution in [3.8, 4) is 0 Å². The monoisotopic (exact) mass is 621 g/mol. The van der Waals surface area contributed by atoms with Gasteiger partial charge in [-0.15, -0.1) is 0 Å². The molecular weight excluding hydrogens is 578 g/mol. The number of carboxylic acids is 1. The van der Waals surface area contributed by atoms with Crippen molar-refractivity contribution in [2.75, 3.05) is 6.61 Å². The Labute approximate surface area is 263 Å². The number of carboxylic acid groups (broad SMARTS) is 1. The van der Waals surface area contributed by atoms with E-state index in [0.717, 1.165) is 25.7 Å². The molecule has 3 fully saturated rings. The van der Waals surface area contributed by atoms with Crippen LogP contribution in [0.2, 0.25) is 0 Å². The molecule has 2 N–H and O–H groups in total. The van der Waals surface area contributed by atoms with Gasteiger partial charge in [-0.1, -0.05) is 49.8 Å². The first kappa shape index (κ1) is 32.6. The molecule has 0 unspecified atom stereocenters. The van der Waals surface area contributed by atoms with E-state index in [1.807, 2.05) is 13.0 Å². The summed E-state index contributed by atoms with van der Waals surface area (Å²) in [5.41, 5.74) is -0.441. The first-order chi connectivity index (χ1) is 21.3. The van der Waals surface area contributed by atoms with Crippen LogP contribution in [0.1, 0.15) is 96.6 Å². The molecule has 0 aliphatic heterocycles. The third kappa shape index (κ3) is 5.95. The number of nitrogens with one attached hydrogen (secondary N) is 1. The Hall–Kier alpha value is -3.82. The van der Waals surface area contributed by atoms with E-state index in [1.54, 1.807) is 30.3 Å². The number of hydrogen-bond acceptors (Lipinski definition) is 8. The fraction of sp³-hybridized carbons (Fsp3) is 0.600. The van der Waals surface area contributed by atoms with E-state index in [-0.39, 0.29) is 30.0 Å². The summed E-state index contributed by atoms with van der Waals surface area (Å²) < 4.78 is 11.3. The molecular formula is C35H43NO9. The fourth-order valence-corrected chi connectivity index (χ4v) is 9.20. The molecule has 1 amide bonds. The van der Waals surface area contributed by atoms with Gasteiger partial charge < -0.3 is 19.9 Å². The van der Waals surface area contributed by atoms with Crippen molar-refractivity contribution in [2.24, 2.45) is 28.6 Å². The number of carbonyl (C=O) groups excluding carboxylic acids is 5. The van der Waals surface area contributed by atoms with Crippen LogP contribution >= 0.6 is 0 Å². The predicted octanol–water partition coefficient (Wildman–Crippen LogP) is 4.65. The highest BCUT2D eigenvalue weighted by Gasteiger charge is 2.68. The highest BCUT2D eigenvalue weighted by molar-refractivity contribution is 5.94. The van der Waals surface area contributed by atoms with Gasteiger partial charge in [0.2, 0.25) is 11.7 Å². The molecule has 10 heteroatoms. The lowest BCUT2D eigenvalue weighted by Gasteiger charge is -2.59. The third-order valence-electron chi connectivity index (χ3n) is 11.5. The Bertz CT molecular complexity index is 1420. The van der Waals surface area contributed by atoms with Gasteiger partial charge in [-0.3, -0.25) is 24.0 Å². The van der Waals surface area contributed by atoms with Crippen LogP contribution in [0.5, 0.6) is 0 Å². The van der Waals surface area contributed by atoms with Crippen LogP contribution in [0.4, 0.5) is 0 Å². The molecule has 7 atom stereocenters. The Morgan fingerprint density at radius 1 is 0.956 bits per heavy atom. The molecule has 1 aromatic carbocycles. The average Bonchev–Trinajstić information content (AvgIpc) is 3.30. The van der Waals surface area contributed by atoms with Gasteiger partial charge in [0.05, 0.1) is 6.42 Å². The Morgan fingerprint density at radius 3 is 2.36 bits per heavy atom. The molecule has 4 aliphatic rings. The van der Waals surface area contributed by atoms with Crippen LogP contribution in [0, 0.1) is 28.6 Å². The molecule has 3 saturated carbocycles. The summed E-state index contributed by atoms with van der Waals surface area (Å²) in [6, 6.07) is 6.96. The number of carbonyl (C=O) groups is 6. The van der Waals surface area contributed by atoms with Crippen molar-refractivity contribution < 1.29 is 43.3 Å². The number of aliphatic carboxylic acids is 1. The standard InChI is InChI=1S/C35H43NO9/c1-21(37)45-35(28(39)20-44-30(41)12-11-29(40)36-31(32(42)43)22-7-5-4-6-8-22)18-15-27-25-10-9-23-19-24(38)13-16-33(23,2)26(25)14-17-34(27,35)3/h4-8,19,25-27,31H,9-18,20H2,1-3H3,(H,36,40)(H,42,43)/t25-,26-,27-,31-,33+,34+,35-/m1/s1. The molecule has 10 nitrogen and oxygen atoms in total. The first-order valence-electron chi connectivity index (χ1n) is 16.0. The molecule has 0 spiro atoms. The molecule has 4 aliphatic carbocycles. The molecule has 0 saturated heterocycles. The number of hydrogen-bond donors (Lipinski definition) is 2. The second kappa shape index (κ2) is 12.5. The van der Waals surface area contributed by atoms with E-state index in [4.69, 9.17) is 9.47 Å². The quantitative estimate of drug-likeness (QED) is 0.355. The molecule has 5 rings (SSSR count). The lowest BCUT2D eigenvalue weighted by atomic mass is 9.46. The topological polar surface area (TPSA) is 153 Å². The maximum atomic E-state index is 13.9. The van der Waals surface area contributed by atoms with E-state index in [2.05, 4.69) is 12.2 Å². The highest BCUT2D eigenvalue weighted by atomic mass is 16.6. The van der Waals surface area contributed by atoms with E-state index >= 15 is 0 Å². The van der Waals surface area contributed by atoms with E-state index in [9.17, 15) is 33.9 Å². The number of fused-ring (bicyclic) bond motifs is 5. The van der Waals surface area contributed by atoms with Gasteiger partial charge in [0, 0.05) is 25.2 Å². The third-order valence-corrected chi connectivity index (χ3v) is 11.5. The SMILES string of the molecule is CC(=O)O[C@@]1(C(=O)COC(=O)CCC(=O)N[C@@H](C(=O)O)c2ccccc2)CC[C@@H]2[C@@H]3CCC4=CC(=O)CC[C@]4(C)[C@@H]3CC[C@@]21C. The largest absolute Gasteiger partial charge is 0.479 e. The molecule has 1 aromatic rings. The summed E-state index contributed by atoms with van der Waals surface area (Å²) >= 11 is 0. The number of ketones is 2. The van der Waals surface area contributed by atoms with Crippen LogP contribution < -0.4 is 5.32 Å². The minimum absolute atomic E-state index is 0.0394. The number of ether oxygens (including phenoxy) is 2. The average molecular weight is 622 g/mol. The Morgan fingerprint density at radius 2 is 1.67 bits per heavy atom. The van der Waals surface area contributed by atoms with Crippen molar-refractivity contribution in [3.05, 3.63) is 47.5 Å². The van der Waals surface area contributed by atoms with Crippen molar-refractivity contribution >= 4 is 35.4 Å². The van der Waals surface area contributed by atoms with Gasteiger partial charge in [0.25, 0.3) is 0 Å². The summed E-state index contributed by atoms with van der Waals surface area (Å²) in [6.07, 6.45) is 6.97. The van der Waals surface area contributed by atoms with Crippen molar-refractivity contribution in [2.45, 2.75) is 96.6 Å². The number of esters is 2. The summed E-state index contributed by atoms with van der Waals surface area (Å²) in [6.45, 7) is 5.03. The second-order valence-corrected chi connectivity index (χ2v) is 13.7. The van der Waals surface area contributed by atoms with Gasteiger partial charge in [-0.25, -0.2) is 4.79 Å². The zero-order chi connectivity index (χ0) is 32.6. The maximum absolute atomic E-state index is 13.9. The molecule has 45 heavy (non-hydrogen) atoms. The van der Waals surface area contributed by atoms with Crippen molar-refractivity contribution in [1.82, 2.24) is 5.32 Å². The fourth-order valence-electron chi connectivity index (χ4n) is 9.20. The Balaban J connectivity index is 1.23. The van der Waals surface area contributed by atoms with Crippen molar-refractivity contribution in [3.63, 3.8) is 0 Å². The number of benzene rings is 1. The summed E-state index contributed by atoms with van der Waals surface area (Å²) in [5.74, 6) is -2.62. The zero-order valence-electron chi connectivity index (χ0n) is 26.3. The zero-order valence-corrected chi connectivity index (χ0v) is 26.3. The Kier molecular flexibility index (Phi) is 9.06. The van der Waals surface area contributed by atoms with Crippen LogP contribution in [0.3, 0.4) is 0 Å². The van der Waals surface area contributed by atoms with Crippen LogP contribution in [-0.2, 0) is 38.2 Å². The van der Waals surface area contributed by atoms with Crippen LogP contribution in [0.25, 0.3) is 0 Å². The summed E-state index contributed by atoms with van der Waals surface area (Å²) in [5, 5.41) is 12.0. The molecule has 0 bridgehead atoms. The number of rotatable bonds is 10. The van der Waals surface area contributed by atoms with Gasteiger partial charge in [-0.05, 0) is 79.8 Å². The second-order valence-electron chi connectivity index (χ2n) is 13.7. The molecule has 0 heterocycles. The van der Waals surface area contributed by atoms with E-state index in [1.165, 1.54) is 12.5 Å². The van der Waals surface area contributed by atoms with Crippen molar-refractivity contribution in [1.29, 1.82) is 0 Å². The normalized spacial score (nSPS) is 32.6. The van der Waals surface area contributed by atoms with Gasteiger partial charge in [0.1, 0.15) is 0 Å². The molecule has 0 aromatic heterocycles. The molecule has 0 radical (unpaired) electrons.